The normalized spacial score (nSPS) is 27.9. The lowest BCUT2D eigenvalue weighted by molar-refractivity contribution is -0.146. The number of carboxylic acids is 1. The van der Waals surface area contributed by atoms with Gasteiger partial charge in [-0.2, -0.15) is 0 Å². The molecule has 5 heteroatoms. The number of carbonyl (C=O) groups is 2. The molecule has 23 heavy (non-hydrogen) atoms. The molecule has 1 amide bonds. The van der Waals surface area contributed by atoms with Crippen molar-refractivity contribution in [3.63, 3.8) is 0 Å². The van der Waals surface area contributed by atoms with E-state index in [0.29, 0.717) is 12.3 Å². The number of carboxylic acid groups (broad SMARTS) is 1. The van der Waals surface area contributed by atoms with Gasteiger partial charge in [0, 0.05) is 5.69 Å². The molecule has 1 saturated carbocycles. The first-order valence-corrected chi connectivity index (χ1v) is 7.96. The highest BCUT2D eigenvalue weighted by molar-refractivity contribution is 5.97. The summed E-state index contributed by atoms with van der Waals surface area (Å²) in [6, 6.07) is 5.48. The highest BCUT2D eigenvalue weighted by Gasteiger charge is 2.51. The average Bonchev–Trinajstić information content (AvgIpc) is 3.11. The van der Waals surface area contributed by atoms with Crippen LogP contribution in [0.2, 0.25) is 0 Å². The maximum absolute atomic E-state index is 12.6. The van der Waals surface area contributed by atoms with Crippen molar-refractivity contribution in [2.75, 3.05) is 11.9 Å². The number of nitrogens with one attached hydrogen (secondary N) is 1. The van der Waals surface area contributed by atoms with E-state index in [0.717, 1.165) is 17.7 Å². The average molecular weight is 315 g/mol. The number of benzene rings is 1. The summed E-state index contributed by atoms with van der Waals surface area (Å²) >= 11 is 0. The van der Waals surface area contributed by atoms with Crippen LogP contribution in [-0.4, -0.2) is 23.6 Å². The number of amides is 1. The first-order chi connectivity index (χ1) is 11.0. The minimum absolute atomic E-state index is 0.0188. The summed E-state index contributed by atoms with van der Waals surface area (Å²) in [5, 5.41) is 12.3. The molecule has 3 rings (SSSR count). The van der Waals surface area contributed by atoms with Crippen molar-refractivity contribution in [2.45, 2.75) is 20.3 Å². The van der Waals surface area contributed by atoms with Gasteiger partial charge < -0.3 is 15.2 Å². The molecule has 2 aliphatic rings. The second kappa shape index (κ2) is 6.07. The molecule has 2 aliphatic carbocycles. The molecule has 0 spiro atoms. The quantitative estimate of drug-likeness (QED) is 0.819. The smallest absolute Gasteiger partial charge is 0.307 e. The first kappa shape index (κ1) is 15.6. The maximum atomic E-state index is 12.6. The Balaban J connectivity index is 1.77. The van der Waals surface area contributed by atoms with Gasteiger partial charge in [-0.15, -0.1) is 0 Å². The molecular weight excluding hydrogens is 294 g/mol. The summed E-state index contributed by atoms with van der Waals surface area (Å²) in [4.78, 5) is 24.2. The number of rotatable bonds is 5. The molecule has 0 heterocycles. The number of aliphatic carboxylic acids is 1. The van der Waals surface area contributed by atoms with Crippen LogP contribution in [0.25, 0.3) is 0 Å². The van der Waals surface area contributed by atoms with Crippen LogP contribution in [-0.2, 0) is 9.59 Å². The van der Waals surface area contributed by atoms with E-state index in [9.17, 15) is 14.7 Å². The third kappa shape index (κ3) is 2.83. The topological polar surface area (TPSA) is 75.6 Å². The summed E-state index contributed by atoms with van der Waals surface area (Å²) in [6.07, 6.45) is 4.69. The fourth-order valence-electron chi connectivity index (χ4n) is 3.77. The van der Waals surface area contributed by atoms with Crippen LogP contribution in [0.1, 0.15) is 18.9 Å². The number of fused-ring (bicyclic) bond motifs is 2. The van der Waals surface area contributed by atoms with Crippen molar-refractivity contribution < 1.29 is 19.4 Å². The molecule has 2 bridgehead atoms. The molecule has 4 unspecified atom stereocenters. The molecule has 122 valence electrons. The minimum Gasteiger partial charge on any atom is -0.494 e. The van der Waals surface area contributed by atoms with Gasteiger partial charge >= 0.3 is 5.97 Å². The zero-order valence-electron chi connectivity index (χ0n) is 13.3. The zero-order chi connectivity index (χ0) is 16.6. The van der Waals surface area contributed by atoms with Crippen molar-refractivity contribution in [2.24, 2.45) is 23.7 Å². The second-order valence-corrected chi connectivity index (χ2v) is 6.24. The van der Waals surface area contributed by atoms with Gasteiger partial charge in [0.1, 0.15) is 5.75 Å². The molecule has 0 radical (unpaired) electrons. The predicted molar refractivity (Wildman–Crippen MR) is 86.3 cm³/mol. The van der Waals surface area contributed by atoms with E-state index in [-0.39, 0.29) is 17.7 Å². The fourth-order valence-corrected chi connectivity index (χ4v) is 3.77. The van der Waals surface area contributed by atoms with Crippen LogP contribution in [0.3, 0.4) is 0 Å². The number of ether oxygens (including phenoxy) is 1. The van der Waals surface area contributed by atoms with E-state index in [1.807, 2.05) is 38.1 Å². The maximum Gasteiger partial charge on any atom is 0.307 e. The Morgan fingerprint density at radius 3 is 2.57 bits per heavy atom. The monoisotopic (exact) mass is 315 g/mol. The number of carbonyl (C=O) groups excluding carboxylic acids is 1. The molecular formula is C18H21NO4. The Morgan fingerprint density at radius 1 is 1.26 bits per heavy atom. The summed E-state index contributed by atoms with van der Waals surface area (Å²) in [6.45, 7) is 4.40. The SMILES string of the molecule is CCOc1ccc(NC(=O)C2C3C=CC(C3)C2C(=O)O)c(C)c1. The number of anilines is 1. The van der Waals surface area contributed by atoms with Crippen molar-refractivity contribution in [1.29, 1.82) is 0 Å². The largest absolute Gasteiger partial charge is 0.494 e. The number of hydrogen-bond acceptors (Lipinski definition) is 3. The van der Waals surface area contributed by atoms with Gasteiger partial charge in [-0.3, -0.25) is 9.59 Å². The number of allylic oxidation sites excluding steroid dienone is 2. The minimum atomic E-state index is -0.884. The summed E-state index contributed by atoms with van der Waals surface area (Å²) < 4.78 is 5.44. The van der Waals surface area contributed by atoms with Crippen LogP contribution in [0, 0.1) is 30.6 Å². The van der Waals surface area contributed by atoms with E-state index in [1.54, 1.807) is 6.07 Å². The standard InChI is InChI=1S/C18H21NO4/c1-3-23-13-6-7-14(10(2)8-13)19-17(20)15-11-4-5-12(9-11)16(15)18(21)22/h4-8,11-12,15-16H,3,9H2,1-2H3,(H,19,20)(H,21,22). The lowest BCUT2D eigenvalue weighted by Gasteiger charge is -2.24. The fraction of sp³-hybridized carbons (Fsp3) is 0.444. The predicted octanol–water partition coefficient (Wildman–Crippen LogP) is 2.86. The molecule has 0 saturated heterocycles. The molecule has 1 aromatic carbocycles. The number of hydrogen-bond donors (Lipinski definition) is 2. The Hall–Kier alpha value is -2.30. The van der Waals surface area contributed by atoms with E-state index in [1.165, 1.54) is 0 Å². The van der Waals surface area contributed by atoms with Crippen molar-refractivity contribution in [3.8, 4) is 5.75 Å². The third-order valence-electron chi connectivity index (χ3n) is 4.81. The molecule has 2 N–H and O–H groups in total. The second-order valence-electron chi connectivity index (χ2n) is 6.24. The van der Waals surface area contributed by atoms with Gasteiger partial charge in [0.2, 0.25) is 5.91 Å². The first-order valence-electron chi connectivity index (χ1n) is 7.96. The summed E-state index contributed by atoms with van der Waals surface area (Å²) in [5.74, 6) is -1.43. The highest BCUT2D eigenvalue weighted by atomic mass is 16.5. The van der Waals surface area contributed by atoms with Gasteiger partial charge in [0.15, 0.2) is 0 Å². The van der Waals surface area contributed by atoms with Gasteiger partial charge in [0.25, 0.3) is 0 Å². The van der Waals surface area contributed by atoms with Gasteiger partial charge in [-0.1, -0.05) is 12.2 Å². The Bertz CT molecular complexity index is 667. The van der Waals surface area contributed by atoms with Gasteiger partial charge in [-0.05, 0) is 55.9 Å². The van der Waals surface area contributed by atoms with Gasteiger partial charge in [0.05, 0.1) is 18.4 Å². The molecule has 4 atom stereocenters. The molecule has 0 aromatic heterocycles. The van der Waals surface area contributed by atoms with Crippen LogP contribution < -0.4 is 10.1 Å². The third-order valence-corrected chi connectivity index (χ3v) is 4.81. The lowest BCUT2D eigenvalue weighted by atomic mass is 9.82. The number of aryl methyl sites for hydroxylation is 1. The van der Waals surface area contributed by atoms with Crippen molar-refractivity contribution in [3.05, 3.63) is 35.9 Å². The zero-order valence-corrected chi connectivity index (χ0v) is 13.3. The van der Waals surface area contributed by atoms with Crippen molar-refractivity contribution in [1.82, 2.24) is 0 Å². The molecule has 1 aromatic rings. The van der Waals surface area contributed by atoms with E-state index in [2.05, 4.69) is 5.32 Å². The van der Waals surface area contributed by atoms with E-state index < -0.39 is 17.8 Å². The molecule has 1 fully saturated rings. The molecule has 5 nitrogen and oxygen atoms in total. The van der Waals surface area contributed by atoms with E-state index in [4.69, 9.17) is 4.74 Å². The Kier molecular flexibility index (Phi) is 4.11. The summed E-state index contributed by atoms with van der Waals surface area (Å²) in [5.41, 5.74) is 1.60. The van der Waals surface area contributed by atoms with Crippen LogP contribution in [0.4, 0.5) is 5.69 Å². The summed E-state index contributed by atoms with van der Waals surface area (Å²) in [7, 11) is 0. The van der Waals surface area contributed by atoms with Crippen LogP contribution >= 0.6 is 0 Å². The van der Waals surface area contributed by atoms with Crippen LogP contribution in [0.15, 0.2) is 30.4 Å². The lowest BCUT2D eigenvalue weighted by Crippen LogP contribution is -2.36. The van der Waals surface area contributed by atoms with Gasteiger partial charge in [-0.25, -0.2) is 0 Å². The highest BCUT2D eigenvalue weighted by Crippen LogP contribution is 2.48. The van der Waals surface area contributed by atoms with Crippen molar-refractivity contribution >= 4 is 17.6 Å². The van der Waals surface area contributed by atoms with E-state index >= 15 is 0 Å². The Labute approximate surface area is 135 Å². The van der Waals surface area contributed by atoms with Crippen LogP contribution in [0.5, 0.6) is 5.75 Å². The Morgan fingerprint density at radius 2 is 1.96 bits per heavy atom. The molecule has 0 aliphatic heterocycles.